The van der Waals surface area contributed by atoms with E-state index in [0.717, 1.165) is 0 Å². The average molecular weight is 384 g/mol. The molecule has 4 aromatic rings. The molecule has 0 unspecified atom stereocenters. The molecule has 3 aromatic carbocycles. The second-order valence-electron chi connectivity index (χ2n) is 9.23. The molecule has 0 aliphatic heterocycles. The predicted molar refractivity (Wildman–Crippen MR) is 123 cm³/mol. The normalized spacial score (nSPS) is 12.0. The Morgan fingerprint density at radius 1 is 0.759 bits per heavy atom. The molecule has 0 aliphatic rings. The number of nitrogens with zero attached hydrogens (tertiary/aromatic N) is 2. The van der Waals surface area contributed by atoms with E-state index in [-0.39, 0.29) is 5.41 Å². The van der Waals surface area contributed by atoms with Crippen LogP contribution in [0.15, 0.2) is 60.7 Å². The lowest BCUT2D eigenvalue weighted by Crippen LogP contribution is -2.30. The van der Waals surface area contributed by atoms with E-state index < -0.39 is 0 Å². The van der Waals surface area contributed by atoms with Crippen molar-refractivity contribution in [2.24, 2.45) is 7.05 Å². The number of fused-ring (bicyclic) bond motifs is 1. The van der Waals surface area contributed by atoms with Gasteiger partial charge in [-0.3, -0.25) is 0 Å². The fourth-order valence-electron chi connectivity index (χ4n) is 4.33. The molecule has 0 spiro atoms. The van der Waals surface area contributed by atoms with Gasteiger partial charge in [-0.1, -0.05) is 63.2 Å². The molecular formula is C27H31N2+. The molecular weight excluding hydrogens is 352 g/mol. The molecule has 0 radical (unpaired) electrons. The number of benzene rings is 3. The van der Waals surface area contributed by atoms with Gasteiger partial charge in [-0.15, -0.1) is 0 Å². The van der Waals surface area contributed by atoms with Gasteiger partial charge in [0.2, 0.25) is 0 Å². The second-order valence-corrected chi connectivity index (χ2v) is 9.23. The van der Waals surface area contributed by atoms with Crippen molar-refractivity contribution in [2.45, 2.75) is 47.0 Å². The minimum Gasteiger partial charge on any atom is -0.225 e. The maximum Gasteiger partial charge on any atom is 0.295 e. The van der Waals surface area contributed by atoms with Gasteiger partial charge in [-0.05, 0) is 66.6 Å². The highest BCUT2D eigenvalue weighted by Gasteiger charge is 2.29. The third-order valence-electron chi connectivity index (χ3n) is 6.02. The van der Waals surface area contributed by atoms with Crippen molar-refractivity contribution in [1.29, 1.82) is 0 Å². The van der Waals surface area contributed by atoms with Gasteiger partial charge in [0.25, 0.3) is 5.82 Å². The smallest absolute Gasteiger partial charge is 0.225 e. The lowest BCUT2D eigenvalue weighted by Gasteiger charge is -2.20. The average Bonchev–Trinajstić information content (AvgIpc) is 2.94. The van der Waals surface area contributed by atoms with E-state index in [1.807, 2.05) is 0 Å². The molecule has 0 N–H and O–H groups in total. The van der Waals surface area contributed by atoms with Crippen molar-refractivity contribution in [1.82, 2.24) is 4.57 Å². The Morgan fingerprint density at radius 2 is 1.41 bits per heavy atom. The number of hydrogen-bond donors (Lipinski definition) is 0. The molecule has 0 saturated heterocycles. The molecule has 29 heavy (non-hydrogen) atoms. The first-order valence-corrected chi connectivity index (χ1v) is 10.4. The molecule has 0 aliphatic carbocycles. The van der Waals surface area contributed by atoms with E-state index in [1.54, 1.807) is 0 Å². The van der Waals surface area contributed by atoms with Crippen molar-refractivity contribution < 1.29 is 4.57 Å². The Morgan fingerprint density at radius 3 is 2.07 bits per heavy atom. The fraction of sp³-hybridized carbons (Fsp3) is 0.296. The van der Waals surface area contributed by atoms with Gasteiger partial charge in [0, 0.05) is 0 Å². The summed E-state index contributed by atoms with van der Waals surface area (Å²) < 4.78 is 4.80. The lowest BCUT2D eigenvalue weighted by molar-refractivity contribution is -0.633. The first kappa shape index (κ1) is 19.4. The lowest BCUT2D eigenvalue weighted by atomic mass is 9.85. The minimum absolute atomic E-state index is 0.108. The molecule has 1 aromatic heterocycles. The number of aryl methyl sites for hydroxylation is 4. The summed E-state index contributed by atoms with van der Waals surface area (Å²) in [6, 6.07) is 22.2. The third kappa shape index (κ3) is 3.17. The molecule has 0 saturated carbocycles. The van der Waals surface area contributed by atoms with Crippen LogP contribution in [-0.4, -0.2) is 4.57 Å². The highest BCUT2D eigenvalue weighted by Crippen LogP contribution is 2.34. The summed E-state index contributed by atoms with van der Waals surface area (Å²) in [5.41, 5.74) is 10.4. The van der Waals surface area contributed by atoms with Crippen molar-refractivity contribution in [3.05, 3.63) is 82.9 Å². The van der Waals surface area contributed by atoms with Gasteiger partial charge < -0.3 is 0 Å². The van der Waals surface area contributed by atoms with E-state index in [1.165, 1.54) is 50.4 Å². The van der Waals surface area contributed by atoms with Gasteiger partial charge in [-0.2, -0.15) is 4.57 Å². The van der Waals surface area contributed by atoms with E-state index >= 15 is 0 Å². The van der Waals surface area contributed by atoms with Crippen LogP contribution in [0, 0.1) is 20.8 Å². The standard InChI is InChI=1S/C27H31N2/c1-18-15-16-21(27(4,5)6)17-22(18)26-28(7)23-13-8-9-14-24(23)29(26)25-19(2)11-10-12-20(25)3/h8-17H,1-7H3/q+1. The Labute approximate surface area is 174 Å². The van der Waals surface area contributed by atoms with Gasteiger partial charge >= 0.3 is 0 Å². The van der Waals surface area contributed by atoms with Crippen LogP contribution in [0.2, 0.25) is 0 Å². The van der Waals surface area contributed by atoms with Crippen LogP contribution in [0.5, 0.6) is 0 Å². The summed E-state index contributed by atoms with van der Waals surface area (Å²) >= 11 is 0. The van der Waals surface area contributed by atoms with Gasteiger partial charge in [0.15, 0.2) is 11.0 Å². The predicted octanol–water partition coefficient (Wildman–Crippen LogP) is 6.34. The SMILES string of the molecule is Cc1ccc(C(C)(C)C)cc1-c1n(-c2c(C)cccc2C)c2ccccc2[n+]1C. The first-order valence-electron chi connectivity index (χ1n) is 10.4. The zero-order valence-electron chi connectivity index (χ0n) is 18.7. The van der Waals surface area contributed by atoms with E-state index in [9.17, 15) is 0 Å². The van der Waals surface area contributed by atoms with E-state index in [4.69, 9.17) is 0 Å². The summed E-state index contributed by atoms with van der Waals surface area (Å²) in [7, 11) is 2.19. The third-order valence-corrected chi connectivity index (χ3v) is 6.02. The molecule has 148 valence electrons. The van der Waals surface area contributed by atoms with E-state index in [2.05, 4.69) is 118 Å². The van der Waals surface area contributed by atoms with Crippen molar-refractivity contribution in [3.8, 4) is 17.1 Å². The quantitative estimate of drug-likeness (QED) is 0.357. The topological polar surface area (TPSA) is 8.81 Å². The van der Waals surface area contributed by atoms with Crippen LogP contribution in [0.1, 0.15) is 43.0 Å². The van der Waals surface area contributed by atoms with Crippen LogP contribution >= 0.6 is 0 Å². The Kier molecular flexibility index (Phi) is 4.61. The Bertz CT molecular complexity index is 1200. The molecule has 2 heteroatoms. The molecule has 0 amide bonds. The molecule has 0 fully saturated rings. The number of hydrogen-bond acceptors (Lipinski definition) is 0. The fourth-order valence-corrected chi connectivity index (χ4v) is 4.33. The summed E-state index contributed by atoms with van der Waals surface area (Å²) in [6.07, 6.45) is 0. The maximum atomic E-state index is 2.45. The second kappa shape index (κ2) is 6.88. The molecule has 0 bridgehead atoms. The zero-order valence-corrected chi connectivity index (χ0v) is 18.7. The van der Waals surface area contributed by atoms with Crippen LogP contribution in [0.25, 0.3) is 28.1 Å². The van der Waals surface area contributed by atoms with Crippen LogP contribution < -0.4 is 4.57 Å². The highest BCUT2D eigenvalue weighted by molar-refractivity contribution is 5.80. The highest BCUT2D eigenvalue weighted by atomic mass is 15.2. The van der Waals surface area contributed by atoms with Crippen LogP contribution in [0.4, 0.5) is 0 Å². The van der Waals surface area contributed by atoms with Crippen LogP contribution in [0.3, 0.4) is 0 Å². The Balaban J connectivity index is 2.16. The van der Waals surface area contributed by atoms with Gasteiger partial charge in [0.1, 0.15) is 5.69 Å². The largest absolute Gasteiger partial charge is 0.295 e. The zero-order chi connectivity index (χ0) is 20.9. The number of aromatic nitrogens is 2. The van der Waals surface area contributed by atoms with Gasteiger partial charge in [0.05, 0.1) is 12.6 Å². The summed E-state index contributed by atoms with van der Waals surface area (Å²) in [4.78, 5) is 0. The first-order chi connectivity index (χ1) is 13.7. The molecule has 0 atom stereocenters. The summed E-state index contributed by atoms with van der Waals surface area (Å²) in [5, 5.41) is 0. The van der Waals surface area contributed by atoms with E-state index in [0.29, 0.717) is 0 Å². The monoisotopic (exact) mass is 383 g/mol. The summed E-state index contributed by atoms with van der Waals surface area (Å²) in [6.45, 7) is 13.5. The van der Waals surface area contributed by atoms with Crippen molar-refractivity contribution in [2.75, 3.05) is 0 Å². The Hall–Kier alpha value is -2.87. The maximum absolute atomic E-state index is 2.45. The number of imidazole rings is 1. The molecule has 4 rings (SSSR count). The molecule has 2 nitrogen and oxygen atoms in total. The van der Waals surface area contributed by atoms with Crippen molar-refractivity contribution >= 4 is 11.0 Å². The van der Waals surface area contributed by atoms with Gasteiger partial charge in [-0.25, -0.2) is 4.57 Å². The molecule has 1 heterocycles. The number of rotatable bonds is 2. The summed E-state index contributed by atoms with van der Waals surface area (Å²) in [5.74, 6) is 1.23. The minimum atomic E-state index is 0.108. The number of para-hydroxylation sites is 3. The van der Waals surface area contributed by atoms with Crippen LogP contribution in [-0.2, 0) is 12.5 Å². The van der Waals surface area contributed by atoms with Crippen molar-refractivity contribution in [3.63, 3.8) is 0 Å².